The number of esters is 1. The van der Waals surface area contributed by atoms with Crippen molar-refractivity contribution in [1.29, 1.82) is 0 Å². The molecule has 1 aromatic heterocycles. The number of nitrogens with one attached hydrogen (secondary N) is 2. The van der Waals surface area contributed by atoms with E-state index in [-0.39, 0.29) is 5.91 Å². The number of benzene rings is 1. The number of fused-ring (bicyclic) bond motifs is 1. The van der Waals surface area contributed by atoms with E-state index in [1.165, 1.54) is 24.8 Å². The van der Waals surface area contributed by atoms with Crippen LogP contribution in [0.25, 0.3) is 10.9 Å². The number of H-pyrrole nitrogens is 1. The molecule has 0 radical (unpaired) electrons. The minimum Gasteiger partial charge on any atom is -0.467 e. The molecule has 0 aliphatic heterocycles. The summed E-state index contributed by atoms with van der Waals surface area (Å²) in [6.45, 7) is 1.38. The minimum absolute atomic E-state index is 0.247. The molecule has 0 saturated carbocycles. The third-order valence-corrected chi connectivity index (χ3v) is 5.20. The van der Waals surface area contributed by atoms with Gasteiger partial charge in [-0.05, 0) is 6.07 Å². The fourth-order valence-electron chi connectivity index (χ4n) is 1.84. The molecule has 1 heterocycles. The highest BCUT2D eigenvalue weighted by molar-refractivity contribution is 8.76. The van der Waals surface area contributed by atoms with Crippen LogP contribution in [0.3, 0.4) is 0 Å². The van der Waals surface area contributed by atoms with Crippen LogP contribution in [-0.2, 0) is 14.3 Å². The third-order valence-electron chi connectivity index (χ3n) is 2.80. The van der Waals surface area contributed by atoms with Crippen molar-refractivity contribution >= 4 is 44.4 Å². The number of aromatic nitrogens is 1. The van der Waals surface area contributed by atoms with Crippen molar-refractivity contribution in [1.82, 2.24) is 10.3 Å². The number of para-hydroxylation sites is 1. The van der Waals surface area contributed by atoms with Gasteiger partial charge in [0.2, 0.25) is 5.91 Å². The van der Waals surface area contributed by atoms with Crippen molar-refractivity contribution in [2.24, 2.45) is 0 Å². The summed E-state index contributed by atoms with van der Waals surface area (Å²) in [4.78, 5) is 27.0. The lowest BCUT2D eigenvalue weighted by atomic mass is 10.2. The van der Waals surface area contributed by atoms with Gasteiger partial charge in [-0.25, -0.2) is 4.79 Å². The topological polar surface area (TPSA) is 71.2 Å². The largest absolute Gasteiger partial charge is 0.467 e. The molecule has 21 heavy (non-hydrogen) atoms. The molecule has 0 aliphatic carbocycles. The summed E-state index contributed by atoms with van der Waals surface area (Å²) in [5.41, 5.74) is 1.08. The zero-order valence-corrected chi connectivity index (χ0v) is 13.3. The fourth-order valence-corrected chi connectivity index (χ4v) is 4.17. The molecule has 0 bridgehead atoms. The van der Waals surface area contributed by atoms with Gasteiger partial charge < -0.3 is 15.0 Å². The maximum atomic E-state index is 11.6. The van der Waals surface area contributed by atoms with Crippen molar-refractivity contribution in [2.75, 3.05) is 12.9 Å². The fraction of sp³-hybridized carbons (Fsp3) is 0.286. The van der Waals surface area contributed by atoms with Gasteiger partial charge in [0.15, 0.2) is 0 Å². The zero-order chi connectivity index (χ0) is 15.2. The molecule has 5 nitrogen and oxygen atoms in total. The van der Waals surface area contributed by atoms with Gasteiger partial charge in [-0.1, -0.05) is 39.8 Å². The summed E-state index contributed by atoms with van der Waals surface area (Å²) in [7, 11) is 4.38. The van der Waals surface area contributed by atoms with Gasteiger partial charge in [0.1, 0.15) is 6.04 Å². The number of carbonyl (C=O) groups is 2. The van der Waals surface area contributed by atoms with Gasteiger partial charge in [-0.3, -0.25) is 4.79 Å². The average Bonchev–Trinajstić information content (AvgIpc) is 2.88. The van der Waals surface area contributed by atoms with Crippen LogP contribution < -0.4 is 5.32 Å². The Morgan fingerprint density at radius 3 is 2.86 bits per heavy atom. The van der Waals surface area contributed by atoms with E-state index in [0.29, 0.717) is 5.75 Å². The van der Waals surface area contributed by atoms with E-state index in [1.807, 2.05) is 30.5 Å². The predicted molar refractivity (Wildman–Crippen MR) is 86.2 cm³/mol. The molecular weight excluding hydrogens is 308 g/mol. The molecule has 0 spiro atoms. The number of aromatic amines is 1. The Hall–Kier alpha value is -1.60. The molecule has 0 unspecified atom stereocenters. The summed E-state index contributed by atoms with van der Waals surface area (Å²) in [6, 6.07) is 7.39. The van der Waals surface area contributed by atoms with E-state index in [4.69, 9.17) is 0 Å². The van der Waals surface area contributed by atoms with E-state index in [0.717, 1.165) is 15.8 Å². The summed E-state index contributed by atoms with van der Waals surface area (Å²) in [5, 5.41) is 3.74. The van der Waals surface area contributed by atoms with Crippen LogP contribution in [0.2, 0.25) is 0 Å². The smallest absolute Gasteiger partial charge is 0.329 e. The molecule has 0 aliphatic rings. The van der Waals surface area contributed by atoms with Crippen molar-refractivity contribution in [2.45, 2.75) is 17.9 Å². The lowest BCUT2D eigenvalue weighted by molar-refractivity contribution is -0.144. The van der Waals surface area contributed by atoms with Crippen molar-refractivity contribution in [3.8, 4) is 0 Å². The molecule has 2 rings (SSSR count). The van der Waals surface area contributed by atoms with E-state index in [1.54, 1.807) is 10.8 Å². The highest BCUT2D eigenvalue weighted by Gasteiger charge is 2.20. The Morgan fingerprint density at radius 1 is 1.38 bits per heavy atom. The van der Waals surface area contributed by atoms with Crippen LogP contribution in [0.15, 0.2) is 35.4 Å². The van der Waals surface area contributed by atoms with Crippen LogP contribution in [0, 0.1) is 0 Å². The summed E-state index contributed by atoms with van der Waals surface area (Å²) in [6.07, 6.45) is 1.94. The first-order valence-electron chi connectivity index (χ1n) is 6.32. The number of methoxy groups -OCH3 is 1. The highest BCUT2D eigenvalue weighted by atomic mass is 33.1. The third kappa shape index (κ3) is 4.18. The first-order chi connectivity index (χ1) is 10.1. The molecule has 0 fully saturated rings. The van der Waals surface area contributed by atoms with E-state index >= 15 is 0 Å². The number of carbonyl (C=O) groups excluding carboxylic acids is 2. The van der Waals surface area contributed by atoms with E-state index in [9.17, 15) is 9.59 Å². The molecule has 112 valence electrons. The Bertz CT molecular complexity index is 642. The van der Waals surface area contributed by atoms with Gasteiger partial charge in [-0.2, -0.15) is 0 Å². The first-order valence-corrected chi connectivity index (χ1v) is 8.64. The number of rotatable bonds is 6. The van der Waals surface area contributed by atoms with Crippen LogP contribution in [-0.4, -0.2) is 35.8 Å². The zero-order valence-electron chi connectivity index (χ0n) is 11.7. The SMILES string of the molecule is COC(=O)[C@H](CSSc1c[nH]c2ccccc12)NC(C)=O. The van der Waals surface area contributed by atoms with Crippen molar-refractivity contribution in [3.63, 3.8) is 0 Å². The molecule has 1 aromatic carbocycles. The minimum atomic E-state index is -0.629. The van der Waals surface area contributed by atoms with Gasteiger partial charge in [0, 0.05) is 34.7 Å². The van der Waals surface area contributed by atoms with Crippen LogP contribution in [0.1, 0.15) is 6.92 Å². The number of hydrogen-bond donors (Lipinski definition) is 2. The van der Waals surface area contributed by atoms with Gasteiger partial charge >= 0.3 is 5.97 Å². The van der Waals surface area contributed by atoms with Crippen molar-refractivity contribution in [3.05, 3.63) is 30.5 Å². The predicted octanol–water partition coefficient (Wildman–Crippen LogP) is 2.59. The number of ether oxygens (including phenoxy) is 1. The normalized spacial score (nSPS) is 12.1. The molecule has 1 amide bonds. The second-order valence-electron chi connectivity index (χ2n) is 4.34. The molecule has 1 atom stereocenters. The molecule has 7 heteroatoms. The number of hydrogen-bond acceptors (Lipinski definition) is 5. The number of amides is 1. The second-order valence-corrected chi connectivity index (χ2v) is 6.73. The average molecular weight is 324 g/mol. The monoisotopic (exact) mass is 324 g/mol. The maximum absolute atomic E-state index is 11.6. The lowest BCUT2D eigenvalue weighted by Gasteiger charge is -2.14. The second kappa shape index (κ2) is 7.42. The Labute approximate surface area is 130 Å². The van der Waals surface area contributed by atoms with E-state index < -0.39 is 12.0 Å². The Balaban J connectivity index is 1.95. The lowest BCUT2D eigenvalue weighted by Crippen LogP contribution is -2.42. The standard InChI is InChI=1S/C14H16N2O3S2/c1-9(17)16-12(14(18)19-2)8-20-21-13-7-15-11-6-4-3-5-10(11)13/h3-7,12,15H,8H2,1-2H3,(H,16,17)/t12-/m0/s1. The highest BCUT2D eigenvalue weighted by Crippen LogP contribution is 2.36. The summed E-state index contributed by atoms with van der Waals surface area (Å²) >= 11 is 0. The van der Waals surface area contributed by atoms with E-state index in [2.05, 4.69) is 15.0 Å². The van der Waals surface area contributed by atoms with Crippen LogP contribution in [0.4, 0.5) is 0 Å². The molecule has 2 N–H and O–H groups in total. The van der Waals surface area contributed by atoms with Gasteiger partial charge in [-0.15, -0.1) is 0 Å². The van der Waals surface area contributed by atoms with Gasteiger partial charge in [0.05, 0.1) is 7.11 Å². The Morgan fingerprint density at radius 2 is 2.14 bits per heavy atom. The summed E-state index contributed by atoms with van der Waals surface area (Å²) < 4.78 is 4.69. The maximum Gasteiger partial charge on any atom is 0.329 e. The first kappa shape index (κ1) is 15.8. The van der Waals surface area contributed by atoms with Crippen molar-refractivity contribution < 1.29 is 14.3 Å². The quantitative estimate of drug-likeness (QED) is 0.631. The molecule has 0 saturated heterocycles. The molecule has 2 aromatic rings. The Kier molecular flexibility index (Phi) is 5.58. The van der Waals surface area contributed by atoms with Crippen LogP contribution >= 0.6 is 21.6 Å². The summed E-state index contributed by atoms with van der Waals surface area (Å²) in [5.74, 6) is -0.239. The van der Waals surface area contributed by atoms with Crippen LogP contribution in [0.5, 0.6) is 0 Å². The van der Waals surface area contributed by atoms with Gasteiger partial charge in [0.25, 0.3) is 0 Å². The molecular formula is C14H16N2O3S2.